The van der Waals surface area contributed by atoms with Gasteiger partial charge in [0.2, 0.25) is 11.8 Å². The summed E-state index contributed by atoms with van der Waals surface area (Å²) in [5, 5.41) is 2.91. The molecule has 3 aliphatic rings. The van der Waals surface area contributed by atoms with E-state index < -0.39 is 0 Å². The fourth-order valence-electron chi connectivity index (χ4n) is 3.28. The molecule has 80 valence electrons. The van der Waals surface area contributed by atoms with Crippen LogP contribution in [0.4, 0.5) is 0 Å². The molecular weight excluding hydrogens is 192 g/mol. The molecule has 0 spiro atoms. The Hall–Kier alpha value is -1.16. The van der Waals surface area contributed by atoms with Gasteiger partial charge in [0.15, 0.2) is 0 Å². The molecule has 0 aromatic heterocycles. The number of carbonyl (C=O) groups is 2. The van der Waals surface area contributed by atoms with Crippen molar-refractivity contribution in [3.05, 3.63) is 12.2 Å². The largest absolute Gasteiger partial charge is 0.273 e. The Labute approximate surface area is 88.5 Å². The molecule has 0 radical (unpaired) electrons. The van der Waals surface area contributed by atoms with Crippen LogP contribution in [0.15, 0.2) is 12.2 Å². The number of hydrogen-bond acceptors (Lipinski definition) is 3. The van der Waals surface area contributed by atoms with Crippen LogP contribution in [0.3, 0.4) is 0 Å². The molecule has 1 aliphatic heterocycles. The van der Waals surface area contributed by atoms with Crippen LogP contribution in [0.2, 0.25) is 0 Å². The summed E-state index contributed by atoms with van der Waals surface area (Å²) in [5.74, 6) is 0.450. The molecular formula is C11H14N2O2. The normalized spacial score (nSPS) is 42.2. The number of carbonyl (C=O) groups excluding carboxylic acids is 2. The zero-order chi connectivity index (χ0) is 10.7. The Morgan fingerprint density at radius 2 is 1.60 bits per heavy atom. The van der Waals surface area contributed by atoms with Crippen molar-refractivity contribution >= 4 is 11.8 Å². The fraction of sp³-hybridized carbons (Fsp3) is 0.636. The molecule has 1 heterocycles. The first-order valence-corrected chi connectivity index (χ1v) is 5.34. The average Bonchev–Trinajstić information content (AvgIpc) is 2.79. The zero-order valence-corrected chi connectivity index (χ0v) is 8.88. The molecule has 4 atom stereocenters. The number of hydrogen-bond donors (Lipinski definition) is 0. The Bertz CT molecular complexity index is 345. The summed E-state index contributed by atoms with van der Waals surface area (Å²) in [6.07, 6.45) is 5.21. The van der Waals surface area contributed by atoms with Crippen molar-refractivity contribution in [1.29, 1.82) is 0 Å². The van der Waals surface area contributed by atoms with E-state index in [-0.39, 0.29) is 23.7 Å². The van der Waals surface area contributed by atoms with Gasteiger partial charge < -0.3 is 0 Å². The first kappa shape index (κ1) is 9.09. The van der Waals surface area contributed by atoms with Gasteiger partial charge in [-0.3, -0.25) is 9.59 Å². The highest BCUT2D eigenvalue weighted by Crippen LogP contribution is 2.52. The van der Waals surface area contributed by atoms with E-state index in [4.69, 9.17) is 0 Å². The van der Waals surface area contributed by atoms with Crippen molar-refractivity contribution in [1.82, 2.24) is 10.0 Å². The van der Waals surface area contributed by atoms with Gasteiger partial charge in [-0.05, 0) is 18.3 Å². The Balaban J connectivity index is 2.00. The molecule has 2 bridgehead atoms. The predicted octanol–water partition coefficient (Wildman–Crippen LogP) is 0.270. The Morgan fingerprint density at radius 3 is 2.00 bits per heavy atom. The Morgan fingerprint density at radius 1 is 1.13 bits per heavy atom. The maximum Gasteiger partial charge on any atom is 0.248 e. The molecule has 4 nitrogen and oxygen atoms in total. The molecule has 0 aromatic rings. The third kappa shape index (κ3) is 0.951. The summed E-state index contributed by atoms with van der Waals surface area (Å²) in [6, 6.07) is 0. The van der Waals surface area contributed by atoms with Crippen molar-refractivity contribution in [3.63, 3.8) is 0 Å². The van der Waals surface area contributed by atoms with E-state index in [0.717, 1.165) is 6.42 Å². The monoisotopic (exact) mass is 206 g/mol. The van der Waals surface area contributed by atoms with Crippen LogP contribution in [0.5, 0.6) is 0 Å². The highest BCUT2D eigenvalue weighted by atomic mass is 16.2. The lowest BCUT2D eigenvalue weighted by molar-refractivity contribution is -0.155. The molecule has 0 N–H and O–H groups in total. The van der Waals surface area contributed by atoms with Gasteiger partial charge in [-0.15, -0.1) is 0 Å². The van der Waals surface area contributed by atoms with Crippen LogP contribution in [-0.2, 0) is 9.59 Å². The van der Waals surface area contributed by atoms with Crippen LogP contribution in [0.1, 0.15) is 6.42 Å². The molecule has 15 heavy (non-hydrogen) atoms. The van der Waals surface area contributed by atoms with Gasteiger partial charge in [0.05, 0.1) is 11.8 Å². The summed E-state index contributed by atoms with van der Waals surface area (Å²) in [5.41, 5.74) is 0. The van der Waals surface area contributed by atoms with Crippen LogP contribution < -0.4 is 0 Å². The smallest absolute Gasteiger partial charge is 0.248 e. The summed E-state index contributed by atoms with van der Waals surface area (Å²) >= 11 is 0. The molecule has 1 saturated carbocycles. The highest BCUT2D eigenvalue weighted by Gasteiger charge is 2.59. The minimum atomic E-state index is -0.0742. The number of nitrogens with zero attached hydrogens (tertiary/aromatic N) is 2. The van der Waals surface area contributed by atoms with Crippen LogP contribution in [0, 0.1) is 23.7 Å². The van der Waals surface area contributed by atoms with E-state index in [0.29, 0.717) is 11.8 Å². The van der Waals surface area contributed by atoms with Gasteiger partial charge in [-0.1, -0.05) is 12.2 Å². The highest BCUT2D eigenvalue weighted by molar-refractivity contribution is 6.05. The molecule has 4 heteroatoms. The van der Waals surface area contributed by atoms with Gasteiger partial charge in [0.25, 0.3) is 0 Å². The fourth-order valence-corrected chi connectivity index (χ4v) is 3.28. The maximum atomic E-state index is 12.1. The first-order valence-electron chi connectivity index (χ1n) is 5.34. The topological polar surface area (TPSA) is 40.6 Å². The summed E-state index contributed by atoms with van der Waals surface area (Å²) < 4.78 is 0. The van der Waals surface area contributed by atoms with Gasteiger partial charge in [-0.2, -0.15) is 0 Å². The van der Waals surface area contributed by atoms with Gasteiger partial charge >= 0.3 is 0 Å². The van der Waals surface area contributed by atoms with E-state index in [1.165, 1.54) is 5.01 Å². The number of rotatable bonds is 1. The van der Waals surface area contributed by atoms with Gasteiger partial charge in [-0.25, -0.2) is 10.0 Å². The molecule has 1 saturated heterocycles. The SMILES string of the molecule is CN(C)N1C(=O)[C@@H]2[C@@H](C1=O)[C@H]1C=C[C@H]2C1. The summed E-state index contributed by atoms with van der Waals surface area (Å²) in [7, 11) is 3.48. The number of fused-ring (bicyclic) bond motifs is 5. The van der Waals surface area contributed by atoms with E-state index in [9.17, 15) is 9.59 Å². The lowest BCUT2D eigenvalue weighted by Crippen LogP contribution is -2.43. The number of allylic oxidation sites excluding steroid dienone is 2. The van der Waals surface area contributed by atoms with Crippen LogP contribution in [0.25, 0.3) is 0 Å². The third-order valence-corrected chi connectivity index (χ3v) is 3.85. The molecule has 3 rings (SSSR count). The number of imide groups is 1. The quantitative estimate of drug-likeness (QED) is 0.457. The molecule has 0 aromatic carbocycles. The summed E-state index contributed by atoms with van der Waals surface area (Å²) in [6.45, 7) is 0. The zero-order valence-electron chi connectivity index (χ0n) is 8.88. The molecule has 2 fully saturated rings. The predicted molar refractivity (Wildman–Crippen MR) is 53.3 cm³/mol. The second-order valence-corrected chi connectivity index (χ2v) is 4.84. The summed E-state index contributed by atoms with van der Waals surface area (Å²) in [4.78, 5) is 24.1. The minimum Gasteiger partial charge on any atom is -0.273 e. The standard InChI is InChI=1S/C11H14N2O2/c1-12(2)13-10(14)8-6-3-4-7(5-6)9(8)11(13)15/h3-4,6-9H,5H2,1-2H3/t6-,7-,8-,9-/m0/s1. The van der Waals surface area contributed by atoms with E-state index >= 15 is 0 Å². The lowest BCUT2D eigenvalue weighted by Gasteiger charge is -2.23. The van der Waals surface area contributed by atoms with Crippen molar-refractivity contribution in [2.45, 2.75) is 6.42 Å². The van der Waals surface area contributed by atoms with Gasteiger partial charge in [0.1, 0.15) is 0 Å². The lowest BCUT2D eigenvalue weighted by atomic mass is 9.85. The van der Waals surface area contributed by atoms with Crippen molar-refractivity contribution in [2.24, 2.45) is 23.7 Å². The second-order valence-electron chi connectivity index (χ2n) is 4.84. The number of amides is 2. The van der Waals surface area contributed by atoms with Crippen molar-refractivity contribution < 1.29 is 9.59 Å². The first-order chi connectivity index (χ1) is 7.11. The van der Waals surface area contributed by atoms with Crippen LogP contribution in [-0.4, -0.2) is 35.9 Å². The maximum absolute atomic E-state index is 12.1. The average molecular weight is 206 g/mol. The Kier molecular flexibility index (Phi) is 1.63. The second kappa shape index (κ2) is 2.70. The van der Waals surface area contributed by atoms with E-state index in [1.54, 1.807) is 19.1 Å². The van der Waals surface area contributed by atoms with Crippen molar-refractivity contribution in [3.8, 4) is 0 Å². The van der Waals surface area contributed by atoms with Gasteiger partial charge in [0, 0.05) is 14.1 Å². The van der Waals surface area contributed by atoms with Crippen molar-refractivity contribution in [2.75, 3.05) is 14.1 Å². The molecule has 2 aliphatic carbocycles. The minimum absolute atomic E-state index is 0.00755. The molecule has 0 unspecified atom stereocenters. The van der Waals surface area contributed by atoms with Crippen LogP contribution >= 0.6 is 0 Å². The van der Waals surface area contributed by atoms with E-state index in [2.05, 4.69) is 12.2 Å². The number of hydrazine groups is 1. The van der Waals surface area contributed by atoms with E-state index in [1.807, 2.05) is 0 Å². The molecule has 2 amide bonds. The third-order valence-electron chi connectivity index (χ3n) is 3.85.